The van der Waals surface area contributed by atoms with Crippen molar-refractivity contribution in [1.82, 2.24) is 4.98 Å². The molecule has 0 radical (unpaired) electrons. The Morgan fingerprint density at radius 2 is 2.06 bits per heavy atom. The molecular weight excluding hydrogens is 228 g/mol. The Morgan fingerprint density at radius 3 is 2.50 bits per heavy atom. The van der Waals surface area contributed by atoms with Gasteiger partial charge in [-0.3, -0.25) is 4.98 Å². The highest BCUT2D eigenvalue weighted by Gasteiger charge is 2.10. The molecule has 4 nitrogen and oxygen atoms in total. The smallest absolute Gasteiger partial charge is 0.0931 e. The average Bonchev–Trinajstić information content (AvgIpc) is 2.34. The number of aliphatic hydroxyl groups excluding tert-OH is 1. The highest BCUT2D eigenvalue weighted by molar-refractivity contribution is 5.44. The van der Waals surface area contributed by atoms with Gasteiger partial charge >= 0.3 is 0 Å². The first-order chi connectivity index (χ1) is 8.54. The maximum Gasteiger partial charge on any atom is 0.0931 e. The van der Waals surface area contributed by atoms with Crippen LogP contribution in [0.2, 0.25) is 0 Å². The Kier molecular flexibility index (Phi) is 6.09. The Hall–Kier alpha value is -1.13. The van der Waals surface area contributed by atoms with Crippen molar-refractivity contribution in [2.24, 2.45) is 5.92 Å². The lowest BCUT2D eigenvalue weighted by Gasteiger charge is -2.26. The molecule has 18 heavy (non-hydrogen) atoms. The monoisotopic (exact) mass is 252 g/mol. The SMILES string of the molecule is COCCN(CC(C)C)c1ccc([C@@H](C)O)nc1. The molecule has 4 heteroatoms. The quantitative estimate of drug-likeness (QED) is 0.808. The zero-order valence-corrected chi connectivity index (χ0v) is 11.8. The van der Waals surface area contributed by atoms with Gasteiger partial charge < -0.3 is 14.7 Å². The van der Waals surface area contributed by atoms with E-state index in [0.29, 0.717) is 18.2 Å². The maximum atomic E-state index is 9.44. The van der Waals surface area contributed by atoms with Crippen LogP contribution in [0.4, 0.5) is 5.69 Å². The lowest BCUT2D eigenvalue weighted by Crippen LogP contribution is -2.31. The van der Waals surface area contributed by atoms with Gasteiger partial charge in [-0.2, -0.15) is 0 Å². The fraction of sp³-hybridized carbons (Fsp3) is 0.643. The number of rotatable bonds is 7. The molecule has 0 aliphatic carbocycles. The Bertz CT molecular complexity index is 336. The third kappa shape index (κ3) is 4.63. The van der Waals surface area contributed by atoms with Crippen LogP contribution in [0.15, 0.2) is 18.3 Å². The molecule has 0 aliphatic rings. The molecule has 1 atom stereocenters. The summed E-state index contributed by atoms with van der Waals surface area (Å²) in [5, 5.41) is 9.44. The van der Waals surface area contributed by atoms with E-state index < -0.39 is 6.10 Å². The van der Waals surface area contributed by atoms with E-state index in [0.717, 1.165) is 18.8 Å². The fourth-order valence-electron chi connectivity index (χ4n) is 1.80. The van der Waals surface area contributed by atoms with Crippen molar-refractivity contribution < 1.29 is 9.84 Å². The summed E-state index contributed by atoms with van der Waals surface area (Å²) in [5.41, 5.74) is 1.78. The van der Waals surface area contributed by atoms with Gasteiger partial charge in [0.2, 0.25) is 0 Å². The Balaban J connectivity index is 2.77. The zero-order chi connectivity index (χ0) is 13.5. The summed E-state index contributed by atoms with van der Waals surface area (Å²) < 4.78 is 5.14. The molecule has 0 bridgehead atoms. The first-order valence-corrected chi connectivity index (χ1v) is 6.42. The second-order valence-corrected chi connectivity index (χ2v) is 4.95. The highest BCUT2D eigenvalue weighted by Crippen LogP contribution is 2.17. The van der Waals surface area contributed by atoms with Crippen LogP contribution in [0.25, 0.3) is 0 Å². The summed E-state index contributed by atoms with van der Waals surface area (Å²) in [7, 11) is 1.71. The van der Waals surface area contributed by atoms with E-state index in [4.69, 9.17) is 4.74 Å². The van der Waals surface area contributed by atoms with Gasteiger partial charge in [0.05, 0.1) is 30.3 Å². The molecule has 0 aromatic carbocycles. The number of ether oxygens (including phenoxy) is 1. The van der Waals surface area contributed by atoms with Crippen molar-refractivity contribution in [3.8, 4) is 0 Å². The first kappa shape index (κ1) is 14.9. The zero-order valence-electron chi connectivity index (χ0n) is 11.8. The Labute approximate surface area is 110 Å². The topological polar surface area (TPSA) is 45.6 Å². The van der Waals surface area contributed by atoms with Gasteiger partial charge in [0.25, 0.3) is 0 Å². The minimum Gasteiger partial charge on any atom is -0.387 e. The molecule has 1 rings (SSSR count). The number of hydrogen-bond donors (Lipinski definition) is 1. The van der Waals surface area contributed by atoms with Gasteiger partial charge in [0, 0.05) is 20.2 Å². The van der Waals surface area contributed by atoms with Crippen molar-refractivity contribution in [3.05, 3.63) is 24.0 Å². The lowest BCUT2D eigenvalue weighted by atomic mass is 10.2. The van der Waals surface area contributed by atoms with Gasteiger partial charge in [-0.1, -0.05) is 13.8 Å². The van der Waals surface area contributed by atoms with Crippen LogP contribution in [0, 0.1) is 5.92 Å². The summed E-state index contributed by atoms with van der Waals surface area (Å²) in [6.07, 6.45) is 1.30. The largest absolute Gasteiger partial charge is 0.387 e. The minimum absolute atomic E-state index is 0.517. The second-order valence-electron chi connectivity index (χ2n) is 4.95. The molecular formula is C14H24N2O2. The number of nitrogens with zero attached hydrogens (tertiary/aromatic N) is 2. The molecule has 0 unspecified atom stereocenters. The number of hydrogen-bond acceptors (Lipinski definition) is 4. The molecule has 1 heterocycles. The fourth-order valence-corrected chi connectivity index (χ4v) is 1.80. The van der Waals surface area contributed by atoms with Crippen LogP contribution in [-0.4, -0.2) is 36.9 Å². The van der Waals surface area contributed by atoms with Gasteiger partial charge in [0.1, 0.15) is 0 Å². The summed E-state index contributed by atoms with van der Waals surface area (Å²) in [5.74, 6) is 0.582. The number of methoxy groups -OCH3 is 1. The van der Waals surface area contributed by atoms with Crippen LogP contribution in [-0.2, 0) is 4.74 Å². The first-order valence-electron chi connectivity index (χ1n) is 6.42. The van der Waals surface area contributed by atoms with Crippen molar-refractivity contribution in [1.29, 1.82) is 0 Å². The van der Waals surface area contributed by atoms with Gasteiger partial charge in [-0.15, -0.1) is 0 Å². The summed E-state index contributed by atoms with van der Waals surface area (Å²) in [6.45, 7) is 8.63. The summed E-state index contributed by atoms with van der Waals surface area (Å²) in [6, 6.07) is 3.88. The molecule has 102 valence electrons. The van der Waals surface area contributed by atoms with Crippen molar-refractivity contribution >= 4 is 5.69 Å². The van der Waals surface area contributed by atoms with Crippen molar-refractivity contribution in [2.45, 2.75) is 26.9 Å². The van der Waals surface area contributed by atoms with E-state index in [2.05, 4.69) is 23.7 Å². The van der Waals surface area contributed by atoms with Crippen LogP contribution in [0.1, 0.15) is 32.6 Å². The van der Waals surface area contributed by atoms with Crippen molar-refractivity contribution in [2.75, 3.05) is 31.7 Å². The number of aromatic nitrogens is 1. The predicted octanol–water partition coefficient (Wildman–Crippen LogP) is 2.24. The molecule has 0 saturated heterocycles. The standard InChI is InChI=1S/C14H24N2O2/c1-11(2)10-16(7-8-18-4)13-5-6-14(12(3)17)15-9-13/h5-6,9,11-12,17H,7-8,10H2,1-4H3/t12-/m1/s1. The highest BCUT2D eigenvalue weighted by atomic mass is 16.5. The maximum absolute atomic E-state index is 9.44. The van der Waals surface area contributed by atoms with Crippen LogP contribution in [0.5, 0.6) is 0 Å². The molecule has 0 amide bonds. The summed E-state index contributed by atoms with van der Waals surface area (Å²) in [4.78, 5) is 6.54. The number of pyridine rings is 1. The van der Waals surface area contributed by atoms with Crippen LogP contribution >= 0.6 is 0 Å². The van der Waals surface area contributed by atoms with Gasteiger partial charge in [0.15, 0.2) is 0 Å². The van der Waals surface area contributed by atoms with E-state index in [1.807, 2.05) is 18.3 Å². The second kappa shape index (κ2) is 7.34. The van der Waals surface area contributed by atoms with Gasteiger partial charge in [-0.05, 0) is 25.0 Å². The molecule has 0 spiro atoms. The Morgan fingerprint density at radius 1 is 1.33 bits per heavy atom. The van der Waals surface area contributed by atoms with E-state index in [1.54, 1.807) is 14.0 Å². The van der Waals surface area contributed by atoms with Crippen molar-refractivity contribution in [3.63, 3.8) is 0 Å². The summed E-state index contributed by atoms with van der Waals surface area (Å²) >= 11 is 0. The van der Waals surface area contributed by atoms with E-state index in [9.17, 15) is 5.11 Å². The molecule has 0 aliphatic heterocycles. The molecule has 1 aromatic rings. The van der Waals surface area contributed by atoms with Crippen LogP contribution in [0.3, 0.4) is 0 Å². The van der Waals surface area contributed by atoms with Crippen LogP contribution < -0.4 is 4.90 Å². The minimum atomic E-state index is -0.517. The van der Waals surface area contributed by atoms with E-state index in [1.165, 1.54) is 0 Å². The lowest BCUT2D eigenvalue weighted by molar-refractivity contribution is 0.194. The number of aliphatic hydroxyl groups is 1. The van der Waals surface area contributed by atoms with E-state index >= 15 is 0 Å². The molecule has 0 fully saturated rings. The molecule has 1 N–H and O–H groups in total. The molecule has 0 saturated carbocycles. The third-order valence-corrected chi connectivity index (χ3v) is 2.71. The van der Waals surface area contributed by atoms with Gasteiger partial charge in [-0.25, -0.2) is 0 Å². The van der Waals surface area contributed by atoms with E-state index in [-0.39, 0.29) is 0 Å². The normalized spacial score (nSPS) is 12.8. The number of anilines is 1. The molecule has 1 aromatic heterocycles. The third-order valence-electron chi connectivity index (χ3n) is 2.71. The predicted molar refractivity (Wildman–Crippen MR) is 73.8 cm³/mol. The average molecular weight is 252 g/mol.